The zero-order valence-corrected chi connectivity index (χ0v) is 11.8. The Bertz CT molecular complexity index is 461. The smallest absolute Gasteiger partial charge is 0.101 e. The van der Waals surface area contributed by atoms with Crippen LogP contribution in [0.4, 0.5) is 5.69 Å². The van der Waals surface area contributed by atoms with Crippen molar-refractivity contribution in [1.82, 2.24) is 0 Å². The van der Waals surface area contributed by atoms with E-state index >= 15 is 0 Å². The molecule has 1 unspecified atom stereocenters. The lowest BCUT2D eigenvalue weighted by Crippen LogP contribution is -2.37. The minimum absolute atomic E-state index is 0.296. The third-order valence-electron chi connectivity index (χ3n) is 3.91. The van der Waals surface area contributed by atoms with Gasteiger partial charge in [0.1, 0.15) is 6.07 Å². The van der Waals surface area contributed by atoms with Crippen LogP contribution in [0.3, 0.4) is 0 Å². The number of hydrogen-bond donors (Lipinski definition) is 2. The highest BCUT2D eigenvalue weighted by Crippen LogP contribution is 2.29. The van der Waals surface area contributed by atoms with E-state index in [0.29, 0.717) is 29.1 Å². The second-order valence-corrected chi connectivity index (χ2v) is 5.60. The van der Waals surface area contributed by atoms with Gasteiger partial charge in [0, 0.05) is 18.3 Å². The fourth-order valence-corrected chi connectivity index (χ4v) is 3.04. The first-order valence-corrected chi connectivity index (χ1v) is 7.28. The number of nitrogens with one attached hydrogen (secondary N) is 1. The number of nitriles is 1. The summed E-state index contributed by atoms with van der Waals surface area (Å²) in [6.45, 7) is 0.627. The number of nitrogens with two attached hydrogens (primary N) is 1. The summed E-state index contributed by atoms with van der Waals surface area (Å²) in [6, 6.07) is 7.82. The number of rotatable bonds is 4. The van der Waals surface area contributed by atoms with Crippen molar-refractivity contribution in [2.24, 2.45) is 11.7 Å². The molecule has 2 rings (SSSR count). The maximum atomic E-state index is 8.87. The van der Waals surface area contributed by atoms with Crippen LogP contribution >= 0.6 is 11.6 Å². The molecule has 0 saturated heterocycles. The van der Waals surface area contributed by atoms with Gasteiger partial charge in [0.2, 0.25) is 0 Å². The minimum atomic E-state index is 0.296. The molecule has 0 spiro atoms. The largest absolute Gasteiger partial charge is 0.381 e. The van der Waals surface area contributed by atoms with Gasteiger partial charge < -0.3 is 11.1 Å². The molecule has 1 fully saturated rings. The van der Waals surface area contributed by atoms with E-state index in [9.17, 15) is 0 Å². The highest BCUT2D eigenvalue weighted by Gasteiger charge is 2.22. The molecule has 19 heavy (non-hydrogen) atoms. The van der Waals surface area contributed by atoms with Gasteiger partial charge in [0.05, 0.1) is 10.6 Å². The van der Waals surface area contributed by atoms with Crippen molar-refractivity contribution in [2.75, 3.05) is 11.9 Å². The molecule has 0 aromatic heterocycles. The van der Waals surface area contributed by atoms with Crippen molar-refractivity contribution in [1.29, 1.82) is 5.26 Å². The van der Waals surface area contributed by atoms with Crippen LogP contribution in [-0.4, -0.2) is 12.6 Å². The van der Waals surface area contributed by atoms with E-state index in [4.69, 9.17) is 22.6 Å². The highest BCUT2D eigenvalue weighted by molar-refractivity contribution is 6.32. The molecular formula is C15H20ClN3. The molecule has 3 N–H and O–H groups in total. The second kappa shape index (κ2) is 6.79. The van der Waals surface area contributed by atoms with E-state index in [2.05, 4.69) is 11.4 Å². The first kappa shape index (κ1) is 14.2. The van der Waals surface area contributed by atoms with Gasteiger partial charge in [-0.05, 0) is 37.0 Å². The molecule has 0 amide bonds. The Morgan fingerprint density at radius 2 is 2.11 bits per heavy atom. The van der Waals surface area contributed by atoms with E-state index in [-0.39, 0.29) is 0 Å². The van der Waals surface area contributed by atoms with Crippen molar-refractivity contribution < 1.29 is 0 Å². The number of nitrogens with zero attached hydrogens (tertiary/aromatic N) is 1. The van der Waals surface area contributed by atoms with Gasteiger partial charge in [0.25, 0.3) is 0 Å². The number of benzene rings is 1. The Hall–Kier alpha value is -1.24. The second-order valence-electron chi connectivity index (χ2n) is 5.19. The molecule has 0 radical (unpaired) electrons. The van der Waals surface area contributed by atoms with Crippen molar-refractivity contribution in [3.05, 3.63) is 28.8 Å². The predicted octanol–water partition coefficient (Wildman–Crippen LogP) is 3.53. The summed E-state index contributed by atoms with van der Waals surface area (Å²) in [5.74, 6) is 0.646. The third kappa shape index (κ3) is 3.62. The van der Waals surface area contributed by atoms with Gasteiger partial charge in [-0.25, -0.2) is 0 Å². The molecule has 3 nitrogen and oxygen atoms in total. The Morgan fingerprint density at radius 3 is 2.68 bits per heavy atom. The Morgan fingerprint density at radius 1 is 1.37 bits per heavy atom. The summed E-state index contributed by atoms with van der Waals surface area (Å²) < 4.78 is 0. The molecule has 1 aliphatic carbocycles. The normalized spacial score (nSPS) is 17.7. The van der Waals surface area contributed by atoms with Crippen LogP contribution in [0.2, 0.25) is 5.02 Å². The van der Waals surface area contributed by atoms with Crippen LogP contribution < -0.4 is 11.1 Å². The lowest BCUT2D eigenvalue weighted by atomic mass is 9.84. The molecular weight excluding hydrogens is 258 g/mol. The van der Waals surface area contributed by atoms with E-state index in [1.807, 2.05) is 12.1 Å². The van der Waals surface area contributed by atoms with Crippen molar-refractivity contribution >= 4 is 17.3 Å². The molecule has 1 saturated carbocycles. The van der Waals surface area contributed by atoms with Crippen LogP contribution in [0.15, 0.2) is 18.2 Å². The van der Waals surface area contributed by atoms with E-state index in [1.165, 1.54) is 32.1 Å². The van der Waals surface area contributed by atoms with Crippen molar-refractivity contribution in [3.8, 4) is 6.07 Å². The first-order chi connectivity index (χ1) is 9.24. The lowest BCUT2D eigenvalue weighted by molar-refractivity contribution is 0.320. The SMILES string of the molecule is N#Cc1ccc(NC(CN)C2CCCCC2)cc1Cl. The average Bonchev–Trinajstić information content (AvgIpc) is 2.46. The molecule has 1 atom stereocenters. The van der Waals surface area contributed by atoms with Gasteiger partial charge in [-0.2, -0.15) is 5.26 Å². The molecule has 0 heterocycles. The standard InChI is InChI=1S/C15H20ClN3/c16-14-8-13(7-6-12(14)9-17)19-15(10-18)11-4-2-1-3-5-11/h6-8,11,15,19H,1-5,10,18H2. The zero-order chi connectivity index (χ0) is 13.7. The molecule has 0 aliphatic heterocycles. The summed E-state index contributed by atoms with van der Waals surface area (Å²) in [5.41, 5.74) is 7.36. The summed E-state index contributed by atoms with van der Waals surface area (Å²) in [4.78, 5) is 0. The maximum Gasteiger partial charge on any atom is 0.101 e. The van der Waals surface area contributed by atoms with Gasteiger partial charge in [0.15, 0.2) is 0 Å². The summed E-state index contributed by atoms with van der Waals surface area (Å²) in [6.07, 6.45) is 6.45. The highest BCUT2D eigenvalue weighted by atomic mass is 35.5. The maximum absolute atomic E-state index is 8.87. The van der Waals surface area contributed by atoms with Gasteiger partial charge in [-0.15, -0.1) is 0 Å². The molecule has 102 valence electrons. The van der Waals surface area contributed by atoms with Gasteiger partial charge in [-0.1, -0.05) is 30.9 Å². The number of hydrogen-bond acceptors (Lipinski definition) is 3. The van der Waals surface area contributed by atoms with Crippen LogP contribution in [0, 0.1) is 17.2 Å². The fraction of sp³-hybridized carbons (Fsp3) is 0.533. The Labute approximate surface area is 119 Å². The monoisotopic (exact) mass is 277 g/mol. The topological polar surface area (TPSA) is 61.8 Å². The molecule has 0 bridgehead atoms. The summed E-state index contributed by atoms with van der Waals surface area (Å²) in [7, 11) is 0. The van der Waals surface area contributed by atoms with Crippen LogP contribution in [0.5, 0.6) is 0 Å². The van der Waals surface area contributed by atoms with E-state index in [1.54, 1.807) is 6.07 Å². The third-order valence-corrected chi connectivity index (χ3v) is 4.23. The zero-order valence-electron chi connectivity index (χ0n) is 11.0. The molecule has 1 aromatic carbocycles. The van der Waals surface area contributed by atoms with Gasteiger partial charge in [-0.3, -0.25) is 0 Å². The van der Waals surface area contributed by atoms with Crippen molar-refractivity contribution in [3.63, 3.8) is 0 Å². The Balaban J connectivity index is 2.05. The summed E-state index contributed by atoms with van der Waals surface area (Å²) >= 11 is 6.05. The van der Waals surface area contributed by atoms with Crippen LogP contribution in [0.1, 0.15) is 37.7 Å². The Kier molecular flexibility index (Phi) is 5.07. The van der Waals surface area contributed by atoms with Gasteiger partial charge >= 0.3 is 0 Å². The summed E-state index contributed by atoms with van der Waals surface area (Å²) in [5, 5.41) is 12.8. The van der Waals surface area contributed by atoms with Crippen LogP contribution in [-0.2, 0) is 0 Å². The lowest BCUT2D eigenvalue weighted by Gasteiger charge is -2.30. The molecule has 1 aromatic rings. The van der Waals surface area contributed by atoms with Crippen LogP contribution in [0.25, 0.3) is 0 Å². The average molecular weight is 278 g/mol. The molecule has 4 heteroatoms. The minimum Gasteiger partial charge on any atom is -0.381 e. The number of halogens is 1. The van der Waals surface area contributed by atoms with E-state index in [0.717, 1.165) is 5.69 Å². The quantitative estimate of drug-likeness (QED) is 0.885. The van der Waals surface area contributed by atoms with E-state index < -0.39 is 0 Å². The molecule has 1 aliphatic rings. The fourth-order valence-electron chi connectivity index (χ4n) is 2.82. The van der Waals surface area contributed by atoms with Crippen molar-refractivity contribution in [2.45, 2.75) is 38.1 Å². The predicted molar refractivity (Wildman–Crippen MR) is 79.2 cm³/mol. The first-order valence-electron chi connectivity index (χ1n) is 6.91. The number of anilines is 1.